The summed E-state index contributed by atoms with van der Waals surface area (Å²) in [6.45, 7) is 3.00. The van der Waals surface area contributed by atoms with Crippen LogP contribution in [0.3, 0.4) is 0 Å². The standard InChI is InChI=1S/C6H12FO3P/c1-5(2)6(7)11(8,9-3)10-4/h1-4H3. The van der Waals surface area contributed by atoms with Crippen molar-refractivity contribution in [2.45, 2.75) is 13.8 Å². The summed E-state index contributed by atoms with van der Waals surface area (Å²) in [6.07, 6.45) is 0. The summed E-state index contributed by atoms with van der Waals surface area (Å²) in [5, 5.41) is 0. The molecule has 11 heavy (non-hydrogen) atoms. The molecule has 0 N–H and O–H groups in total. The van der Waals surface area contributed by atoms with Crippen LogP contribution in [-0.2, 0) is 13.6 Å². The van der Waals surface area contributed by atoms with Crippen molar-refractivity contribution in [1.29, 1.82) is 0 Å². The molecule has 0 aromatic rings. The van der Waals surface area contributed by atoms with Gasteiger partial charge >= 0.3 is 7.60 Å². The lowest BCUT2D eigenvalue weighted by atomic mass is 10.4. The van der Waals surface area contributed by atoms with Gasteiger partial charge in [0.2, 0.25) is 5.57 Å². The molecule has 0 heterocycles. The molecule has 0 spiro atoms. The van der Waals surface area contributed by atoms with Gasteiger partial charge < -0.3 is 9.05 Å². The molecular weight excluding hydrogens is 170 g/mol. The zero-order chi connectivity index (χ0) is 9.07. The summed E-state index contributed by atoms with van der Waals surface area (Å²) >= 11 is 0. The molecule has 0 aliphatic heterocycles. The molecule has 0 aliphatic carbocycles. The minimum absolute atomic E-state index is 0.303. The fourth-order valence-electron chi connectivity index (χ4n) is 0.509. The first kappa shape index (κ1) is 10.8. The Balaban J connectivity index is 4.81. The number of rotatable bonds is 3. The van der Waals surface area contributed by atoms with Crippen LogP contribution in [0, 0.1) is 0 Å². The highest BCUT2D eigenvalue weighted by Gasteiger charge is 2.28. The summed E-state index contributed by atoms with van der Waals surface area (Å²) < 4.78 is 33.0. The third-order valence-electron chi connectivity index (χ3n) is 1.13. The largest absolute Gasteiger partial charge is 0.388 e. The van der Waals surface area contributed by atoms with Gasteiger partial charge in [0.25, 0.3) is 0 Å². The van der Waals surface area contributed by atoms with Gasteiger partial charge in [0.1, 0.15) is 0 Å². The highest BCUT2D eigenvalue weighted by molar-refractivity contribution is 7.58. The molecule has 5 heteroatoms. The molecule has 0 atom stereocenters. The molecule has 0 fully saturated rings. The van der Waals surface area contributed by atoms with E-state index in [-0.39, 0.29) is 0 Å². The maximum absolute atomic E-state index is 12.9. The van der Waals surface area contributed by atoms with E-state index in [0.29, 0.717) is 5.57 Å². The Morgan fingerprint density at radius 2 is 1.64 bits per heavy atom. The van der Waals surface area contributed by atoms with E-state index in [0.717, 1.165) is 14.2 Å². The quantitative estimate of drug-likeness (QED) is 0.629. The molecule has 0 saturated heterocycles. The van der Waals surface area contributed by atoms with Gasteiger partial charge in [-0.25, -0.2) is 0 Å². The fourth-order valence-corrected chi connectivity index (χ4v) is 1.53. The van der Waals surface area contributed by atoms with Crippen LogP contribution in [0.2, 0.25) is 0 Å². The molecule has 3 nitrogen and oxygen atoms in total. The van der Waals surface area contributed by atoms with Gasteiger partial charge in [-0.3, -0.25) is 4.57 Å². The SMILES string of the molecule is COP(=O)(OC)C(F)=C(C)C. The third kappa shape index (κ3) is 2.40. The zero-order valence-corrected chi connectivity index (χ0v) is 7.94. The highest BCUT2D eigenvalue weighted by Crippen LogP contribution is 2.56. The van der Waals surface area contributed by atoms with Crippen LogP contribution in [0.5, 0.6) is 0 Å². The minimum atomic E-state index is -3.62. The lowest BCUT2D eigenvalue weighted by Crippen LogP contribution is -1.90. The van der Waals surface area contributed by atoms with E-state index in [9.17, 15) is 8.96 Å². The Labute approximate surface area is 65.7 Å². The summed E-state index contributed by atoms with van der Waals surface area (Å²) in [4.78, 5) is 0. The van der Waals surface area contributed by atoms with E-state index in [1.165, 1.54) is 13.8 Å². The maximum atomic E-state index is 12.9. The number of hydrogen-bond donors (Lipinski definition) is 0. The van der Waals surface area contributed by atoms with Crippen molar-refractivity contribution >= 4 is 7.60 Å². The molecule has 66 valence electrons. The molecule has 0 unspecified atom stereocenters. The molecule has 0 rings (SSSR count). The second-order valence-corrected chi connectivity index (χ2v) is 4.27. The van der Waals surface area contributed by atoms with Gasteiger partial charge in [-0.2, -0.15) is 4.39 Å². The van der Waals surface area contributed by atoms with Crippen LogP contribution >= 0.6 is 7.60 Å². The van der Waals surface area contributed by atoms with Crippen molar-refractivity contribution in [2.75, 3.05) is 14.2 Å². The first-order valence-corrected chi connectivity index (χ1v) is 4.57. The summed E-state index contributed by atoms with van der Waals surface area (Å²) in [5.74, 6) is 0. The van der Waals surface area contributed by atoms with Crippen LogP contribution in [0.15, 0.2) is 11.1 Å². The predicted octanol–water partition coefficient (Wildman–Crippen LogP) is 2.69. The smallest absolute Gasteiger partial charge is 0.307 e. The molecule has 0 aromatic carbocycles. The van der Waals surface area contributed by atoms with Gasteiger partial charge in [-0.05, 0) is 19.4 Å². The highest BCUT2D eigenvalue weighted by atomic mass is 31.2. The van der Waals surface area contributed by atoms with Gasteiger partial charge in [0.05, 0.1) is 0 Å². The Morgan fingerprint density at radius 1 is 1.27 bits per heavy atom. The van der Waals surface area contributed by atoms with Crippen molar-refractivity contribution in [3.05, 3.63) is 11.1 Å². The van der Waals surface area contributed by atoms with E-state index < -0.39 is 13.2 Å². The molecule has 0 bridgehead atoms. The monoisotopic (exact) mass is 182 g/mol. The summed E-state index contributed by atoms with van der Waals surface area (Å²) in [6, 6.07) is 0. The number of hydrogen-bond acceptors (Lipinski definition) is 3. The Bertz CT molecular complexity index is 200. The lowest BCUT2D eigenvalue weighted by Gasteiger charge is -2.11. The normalized spacial score (nSPS) is 11.4. The van der Waals surface area contributed by atoms with Gasteiger partial charge in [-0.15, -0.1) is 0 Å². The predicted molar refractivity (Wildman–Crippen MR) is 41.1 cm³/mol. The van der Waals surface area contributed by atoms with Crippen molar-refractivity contribution in [3.8, 4) is 0 Å². The van der Waals surface area contributed by atoms with E-state index >= 15 is 0 Å². The van der Waals surface area contributed by atoms with Crippen LogP contribution < -0.4 is 0 Å². The minimum Gasteiger partial charge on any atom is -0.307 e. The topological polar surface area (TPSA) is 35.5 Å². The second-order valence-electron chi connectivity index (χ2n) is 2.15. The Kier molecular flexibility index (Phi) is 3.93. The van der Waals surface area contributed by atoms with Gasteiger partial charge in [0.15, 0.2) is 0 Å². The molecule has 0 aromatic heterocycles. The molecular formula is C6H12FO3P. The lowest BCUT2D eigenvalue weighted by molar-refractivity contribution is 0.274. The van der Waals surface area contributed by atoms with E-state index in [2.05, 4.69) is 9.05 Å². The first-order valence-electron chi connectivity index (χ1n) is 3.03. The van der Waals surface area contributed by atoms with Crippen LogP contribution in [0.25, 0.3) is 0 Å². The summed E-state index contributed by atoms with van der Waals surface area (Å²) in [5.41, 5.74) is -0.514. The zero-order valence-electron chi connectivity index (χ0n) is 7.05. The molecule has 0 radical (unpaired) electrons. The van der Waals surface area contributed by atoms with Crippen LogP contribution in [0.4, 0.5) is 4.39 Å². The average molecular weight is 182 g/mol. The Hall–Kier alpha value is -0.180. The van der Waals surface area contributed by atoms with Crippen LogP contribution in [-0.4, -0.2) is 14.2 Å². The number of halogens is 1. The van der Waals surface area contributed by atoms with Crippen LogP contribution in [0.1, 0.15) is 13.8 Å². The van der Waals surface area contributed by atoms with Gasteiger partial charge in [0, 0.05) is 14.2 Å². The van der Waals surface area contributed by atoms with Crippen molar-refractivity contribution in [2.24, 2.45) is 0 Å². The third-order valence-corrected chi connectivity index (χ3v) is 3.02. The second kappa shape index (κ2) is 4.00. The van der Waals surface area contributed by atoms with Crippen molar-refractivity contribution < 1.29 is 18.0 Å². The van der Waals surface area contributed by atoms with E-state index in [1.807, 2.05) is 0 Å². The van der Waals surface area contributed by atoms with Crippen molar-refractivity contribution in [1.82, 2.24) is 0 Å². The van der Waals surface area contributed by atoms with E-state index in [4.69, 9.17) is 0 Å². The van der Waals surface area contributed by atoms with E-state index in [1.54, 1.807) is 0 Å². The number of allylic oxidation sites excluding steroid dienone is 1. The van der Waals surface area contributed by atoms with Crippen molar-refractivity contribution in [3.63, 3.8) is 0 Å². The average Bonchev–Trinajstić information content (AvgIpc) is 2.01. The van der Waals surface area contributed by atoms with Gasteiger partial charge in [-0.1, -0.05) is 0 Å². The Morgan fingerprint density at radius 3 is 1.73 bits per heavy atom. The summed E-state index contributed by atoms with van der Waals surface area (Å²) in [7, 11) is -1.32. The molecule has 0 saturated carbocycles. The fraction of sp³-hybridized carbons (Fsp3) is 0.667. The first-order chi connectivity index (χ1) is 4.98. The molecule has 0 aliphatic rings. The molecule has 0 amide bonds. The maximum Gasteiger partial charge on any atom is 0.388 e.